The molecule has 1 rings (SSSR count). The second-order valence-corrected chi connectivity index (χ2v) is 3.45. The van der Waals surface area contributed by atoms with E-state index in [4.69, 9.17) is 10.5 Å². The summed E-state index contributed by atoms with van der Waals surface area (Å²) in [5.74, 6) is -0.620. The lowest BCUT2D eigenvalue weighted by atomic mass is 10.0. The first-order valence-electron chi connectivity index (χ1n) is 4.67. The van der Waals surface area contributed by atoms with Crippen LogP contribution in [0.5, 0.6) is 5.75 Å². The summed E-state index contributed by atoms with van der Waals surface area (Å²) >= 11 is 0. The van der Waals surface area contributed by atoms with Crippen molar-refractivity contribution in [1.29, 1.82) is 0 Å². The predicted molar refractivity (Wildman–Crippen MR) is 59.5 cm³/mol. The molecule has 0 saturated heterocycles. The van der Waals surface area contributed by atoms with E-state index in [0.717, 1.165) is 0 Å². The third-order valence-electron chi connectivity index (χ3n) is 2.13. The Hall–Kier alpha value is -2.04. The van der Waals surface area contributed by atoms with Crippen molar-refractivity contribution in [3.05, 3.63) is 29.3 Å². The van der Waals surface area contributed by atoms with Crippen LogP contribution in [0.25, 0.3) is 0 Å². The molecule has 0 heterocycles. The normalized spacial score (nSPS) is 9.69. The van der Waals surface area contributed by atoms with Crippen LogP contribution in [0.4, 0.5) is 0 Å². The molecule has 5 heteroatoms. The number of carbonyl (C=O) groups is 2. The van der Waals surface area contributed by atoms with Crippen LogP contribution in [-0.4, -0.2) is 37.9 Å². The predicted octanol–water partition coefficient (Wildman–Crippen LogP) is 0.496. The van der Waals surface area contributed by atoms with Gasteiger partial charge in [0.25, 0.3) is 5.91 Å². The smallest absolute Gasteiger partial charge is 0.257 e. The Morgan fingerprint density at radius 3 is 2.38 bits per heavy atom. The molecular formula is C11H14N2O3. The molecule has 0 atom stereocenters. The Morgan fingerprint density at radius 2 is 1.94 bits per heavy atom. The fourth-order valence-corrected chi connectivity index (χ4v) is 1.35. The van der Waals surface area contributed by atoms with Crippen molar-refractivity contribution >= 4 is 11.8 Å². The number of amides is 2. The molecule has 0 aliphatic heterocycles. The third kappa shape index (κ3) is 2.13. The Labute approximate surface area is 93.8 Å². The largest absolute Gasteiger partial charge is 0.496 e. The quantitative estimate of drug-likeness (QED) is 0.809. The number of ether oxygens (including phenoxy) is 1. The molecule has 5 nitrogen and oxygen atoms in total. The lowest BCUT2D eigenvalue weighted by Crippen LogP contribution is -2.26. The molecule has 86 valence electrons. The summed E-state index contributed by atoms with van der Waals surface area (Å²) in [5.41, 5.74) is 5.57. The first-order valence-corrected chi connectivity index (χ1v) is 4.67. The number of carbonyl (C=O) groups excluding carboxylic acids is 2. The number of hydrogen-bond acceptors (Lipinski definition) is 3. The van der Waals surface area contributed by atoms with Crippen LogP contribution in [0.15, 0.2) is 18.2 Å². The van der Waals surface area contributed by atoms with Gasteiger partial charge in [0, 0.05) is 14.1 Å². The van der Waals surface area contributed by atoms with Gasteiger partial charge in [-0.3, -0.25) is 9.59 Å². The molecule has 1 aromatic carbocycles. The molecular weight excluding hydrogens is 208 g/mol. The van der Waals surface area contributed by atoms with Crippen LogP contribution < -0.4 is 10.5 Å². The van der Waals surface area contributed by atoms with Crippen molar-refractivity contribution in [3.8, 4) is 5.75 Å². The minimum atomic E-state index is -0.649. The van der Waals surface area contributed by atoms with Gasteiger partial charge >= 0.3 is 0 Å². The zero-order chi connectivity index (χ0) is 12.3. The van der Waals surface area contributed by atoms with Gasteiger partial charge in [0.05, 0.1) is 18.2 Å². The molecule has 0 aliphatic rings. The average molecular weight is 222 g/mol. The average Bonchev–Trinajstić information content (AvgIpc) is 2.26. The Kier molecular flexibility index (Phi) is 3.50. The first kappa shape index (κ1) is 12.0. The fourth-order valence-electron chi connectivity index (χ4n) is 1.35. The third-order valence-corrected chi connectivity index (χ3v) is 2.13. The van der Waals surface area contributed by atoms with E-state index in [1.165, 1.54) is 18.1 Å². The van der Waals surface area contributed by atoms with Gasteiger partial charge in [-0.1, -0.05) is 6.07 Å². The van der Waals surface area contributed by atoms with Crippen LogP contribution in [0, 0.1) is 0 Å². The highest BCUT2D eigenvalue weighted by Crippen LogP contribution is 2.23. The highest BCUT2D eigenvalue weighted by atomic mass is 16.5. The van der Waals surface area contributed by atoms with Gasteiger partial charge < -0.3 is 15.4 Å². The Morgan fingerprint density at radius 1 is 1.31 bits per heavy atom. The van der Waals surface area contributed by atoms with E-state index >= 15 is 0 Å². The molecule has 2 amide bonds. The van der Waals surface area contributed by atoms with Gasteiger partial charge in [-0.2, -0.15) is 0 Å². The zero-order valence-electron chi connectivity index (χ0n) is 9.48. The van der Waals surface area contributed by atoms with Crippen LogP contribution in [0.1, 0.15) is 20.7 Å². The van der Waals surface area contributed by atoms with Gasteiger partial charge in [-0.05, 0) is 12.1 Å². The van der Waals surface area contributed by atoms with Gasteiger partial charge in [-0.15, -0.1) is 0 Å². The SMILES string of the molecule is COc1cccc(C(N)=O)c1C(=O)N(C)C. The number of benzene rings is 1. The minimum Gasteiger partial charge on any atom is -0.496 e. The molecule has 2 N–H and O–H groups in total. The maximum absolute atomic E-state index is 11.9. The highest BCUT2D eigenvalue weighted by molar-refractivity contribution is 6.08. The van der Waals surface area contributed by atoms with Crippen LogP contribution in [0.3, 0.4) is 0 Å². The van der Waals surface area contributed by atoms with Crippen molar-refractivity contribution in [2.75, 3.05) is 21.2 Å². The lowest BCUT2D eigenvalue weighted by Gasteiger charge is -2.15. The van der Waals surface area contributed by atoms with Crippen LogP contribution in [0.2, 0.25) is 0 Å². The van der Waals surface area contributed by atoms with Gasteiger partial charge in [-0.25, -0.2) is 0 Å². The van der Waals surface area contributed by atoms with E-state index in [1.54, 1.807) is 26.2 Å². The molecule has 0 saturated carbocycles. The minimum absolute atomic E-state index is 0.165. The summed E-state index contributed by atoms with van der Waals surface area (Å²) in [6.45, 7) is 0. The molecule has 0 aromatic heterocycles. The second-order valence-electron chi connectivity index (χ2n) is 3.45. The van der Waals surface area contributed by atoms with E-state index in [9.17, 15) is 9.59 Å². The van der Waals surface area contributed by atoms with Crippen molar-refractivity contribution in [3.63, 3.8) is 0 Å². The summed E-state index contributed by atoms with van der Waals surface area (Å²) in [6.07, 6.45) is 0. The summed E-state index contributed by atoms with van der Waals surface area (Å²) in [4.78, 5) is 24.5. The van der Waals surface area contributed by atoms with Gasteiger partial charge in [0.1, 0.15) is 5.75 Å². The molecule has 0 fully saturated rings. The molecule has 0 spiro atoms. The van der Waals surface area contributed by atoms with E-state index < -0.39 is 5.91 Å². The maximum Gasteiger partial charge on any atom is 0.257 e. The summed E-state index contributed by atoms with van der Waals surface area (Å²) < 4.78 is 5.05. The summed E-state index contributed by atoms with van der Waals surface area (Å²) in [5, 5.41) is 0. The van der Waals surface area contributed by atoms with Crippen molar-refractivity contribution in [1.82, 2.24) is 4.90 Å². The standard InChI is InChI=1S/C11H14N2O3/c1-13(2)11(15)9-7(10(12)14)5-4-6-8(9)16-3/h4-6H,1-3H3,(H2,12,14). The van der Waals surface area contributed by atoms with E-state index in [0.29, 0.717) is 5.75 Å². The monoisotopic (exact) mass is 222 g/mol. The molecule has 0 aliphatic carbocycles. The number of methoxy groups -OCH3 is 1. The van der Waals surface area contributed by atoms with Crippen LogP contribution >= 0.6 is 0 Å². The number of hydrogen-bond donors (Lipinski definition) is 1. The molecule has 0 unspecified atom stereocenters. The number of nitrogens with two attached hydrogens (primary N) is 1. The topological polar surface area (TPSA) is 72.6 Å². The van der Waals surface area contributed by atoms with Crippen LogP contribution in [-0.2, 0) is 0 Å². The highest BCUT2D eigenvalue weighted by Gasteiger charge is 2.21. The first-order chi connectivity index (χ1) is 7.49. The van der Waals surface area contributed by atoms with E-state index in [1.807, 2.05) is 0 Å². The summed E-state index contributed by atoms with van der Waals surface area (Å²) in [6, 6.07) is 4.73. The van der Waals surface area contributed by atoms with Crippen molar-refractivity contribution in [2.24, 2.45) is 5.73 Å². The molecule has 16 heavy (non-hydrogen) atoms. The molecule has 0 bridgehead atoms. The maximum atomic E-state index is 11.9. The zero-order valence-corrected chi connectivity index (χ0v) is 9.48. The summed E-state index contributed by atoms with van der Waals surface area (Å²) in [7, 11) is 4.63. The van der Waals surface area contributed by atoms with Crippen molar-refractivity contribution < 1.29 is 14.3 Å². The number of rotatable bonds is 3. The fraction of sp³-hybridized carbons (Fsp3) is 0.273. The molecule has 0 radical (unpaired) electrons. The van der Waals surface area contributed by atoms with E-state index in [2.05, 4.69) is 0 Å². The van der Waals surface area contributed by atoms with E-state index in [-0.39, 0.29) is 17.0 Å². The Bertz CT molecular complexity index is 427. The number of nitrogens with zero attached hydrogens (tertiary/aromatic N) is 1. The number of primary amides is 1. The second kappa shape index (κ2) is 4.65. The van der Waals surface area contributed by atoms with Crippen molar-refractivity contribution in [2.45, 2.75) is 0 Å². The van der Waals surface area contributed by atoms with Gasteiger partial charge in [0.15, 0.2) is 0 Å². The molecule has 1 aromatic rings. The Balaban J connectivity index is 3.42. The van der Waals surface area contributed by atoms with Gasteiger partial charge in [0.2, 0.25) is 5.91 Å². The lowest BCUT2D eigenvalue weighted by molar-refractivity contribution is 0.0817.